The maximum atomic E-state index is 12.5. The number of carbonyl (C=O) groups excluding carboxylic acids is 2. The molecule has 3 N–H and O–H groups in total. The van der Waals surface area contributed by atoms with E-state index in [2.05, 4.69) is 43.5 Å². The number of nitrogens with one attached hydrogen (secondary N) is 1. The molecular formula is C74H143NO5. The Morgan fingerprint density at radius 2 is 0.650 bits per heavy atom. The molecule has 0 aromatic carbocycles. The number of amides is 1. The van der Waals surface area contributed by atoms with Gasteiger partial charge in [0, 0.05) is 12.8 Å². The van der Waals surface area contributed by atoms with Crippen molar-refractivity contribution in [3.8, 4) is 0 Å². The lowest BCUT2D eigenvalue weighted by molar-refractivity contribution is -0.143. The lowest BCUT2D eigenvalue weighted by Crippen LogP contribution is -2.45. The van der Waals surface area contributed by atoms with Gasteiger partial charge in [0.05, 0.1) is 25.4 Å². The molecule has 0 radical (unpaired) electrons. The van der Waals surface area contributed by atoms with Gasteiger partial charge in [0.15, 0.2) is 0 Å². The highest BCUT2D eigenvalue weighted by molar-refractivity contribution is 5.76. The Bertz CT molecular complexity index is 1250. The maximum absolute atomic E-state index is 12.5. The molecule has 0 aromatic rings. The molecule has 0 saturated heterocycles. The summed E-state index contributed by atoms with van der Waals surface area (Å²) < 4.78 is 5.48. The topological polar surface area (TPSA) is 95.9 Å². The zero-order chi connectivity index (χ0) is 57.8. The number of rotatable bonds is 69. The second-order valence-corrected chi connectivity index (χ2v) is 25.3. The van der Waals surface area contributed by atoms with E-state index >= 15 is 0 Å². The van der Waals surface area contributed by atoms with Crippen molar-refractivity contribution in [3.05, 3.63) is 24.3 Å². The van der Waals surface area contributed by atoms with Gasteiger partial charge >= 0.3 is 5.97 Å². The average molecular weight is 1130 g/mol. The zero-order valence-corrected chi connectivity index (χ0v) is 54.3. The quantitative estimate of drug-likeness (QED) is 0.0320. The van der Waals surface area contributed by atoms with E-state index in [1.165, 1.54) is 327 Å². The fourth-order valence-corrected chi connectivity index (χ4v) is 11.7. The summed E-state index contributed by atoms with van der Waals surface area (Å²) in [6.07, 6.45) is 88.4. The van der Waals surface area contributed by atoms with Crippen molar-refractivity contribution >= 4 is 11.9 Å². The molecule has 0 aliphatic rings. The molecule has 0 heterocycles. The van der Waals surface area contributed by atoms with Gasteiger partial charge in [0.2, 0.25) is 5.91 Å². The number of carbonyl (C=O) groups is 2. The third-order valence-corrected chi connectivity index (χ3v) is 17.2. The van der Waals surface area contributed by atoms with Crippen LogP contribution in [-0.4, -0.2) is 47.4 Å². The van der Waals surface area contributed by atoms with Crippen molar-refractivity contribution in [2.45, 2.75) is 424 Å². The van der Waals surface area contributed by atoms with Crippen LogP contribution in [0, 0.1) is 0 Å². The van der Waals surface area contributed by atoms with Crippen molar-refractivity contribution < 1.29 is 24.5 Å². The van der Waals surface area contributed by atoms with E-state index in [1.54, 1.807) is 0 Å². The normalized spacial score (nSPS) is 12.6. The van der Waals surface area contributed by atoms with Gasteiger partial charge in [-0.2, -0.15) is 0 Å². The first-order valence-corrected chi connectivity index (χ1v) is 36.6. The Morgan fingerprint density at radius 3 is 1.00 bits per heavy atom. The summed E-state index contributed by atoms with van der Waals surface area (Å²) in [5.41, 5.74) is 0. The lowest BCUT2D eigenvalue weighted by atomic mass is 10.0. The lowest BCUT2D eigenvalue weighted by Gasteiger charge is -2.22. The van der Waals surface area contributed by atoms with Crippen LogP contribution in [0.1, 0.15) is 412 Å². The van der Waals surface area contributed by atoms with E-state index in [-0.39, 0.29) is 18.5 Å². The predicted octanol–water partition coefficient (Wildman–Crippen LogP) is 23.7. The molecule has 0 rings (SSSR count). The second kappa shape index (κ2) is 69.8. The molecule has 0 bridgehead atoms. The summed E-state index contributed by atoms with van der Waals surface area (Å²) in [5.74, 6) is -0.0187. The monoisotopic (exact) mass is 1130 g/mol. The molecule has 0 aliphatic heterocycles. The molecule has 0 aliphatic carbocycles. The van der Waals surface area contributed by atoms with Crippen molar-refractivity contribution in [1.82, 2.24) is 5.32 Å². The number of unbranched alkanes of at least 4 members (excludes halogenated alkanes) is 54. The van der Waals surface area contributed by atoms with Gasteiger partial charge in [-0.25, -0.2) is 0 Å². The highest BCUT2D eigenvalue weighted by Crippen LogP contribution is 2.20. The molecule has 2 atom stereocenters. The van der Waals surface area contributed by atoms with Crippen molar-refractivity contribution in [3.63, 3.8) is 0 Å². The molecule has 0 aromatic heterocycles. The summed E-state index contributed by atoms with van der Waals surface area (Å²) >= 11 is 0. The maximum Gasteiger partial charge on any atom is 0.305 e. The van der Waals surface area contributed by atoms with Gasteiger partial charge in [-0.05, 0) is 51.4 Å². The largest absolute Gasteiger partial charge is 0.466 e. The predicted molar refractivity (Wildman–Crippen MR) is 352 cm³/mol. The van der Waals surface area contributed by atoms with Gasteiger partial charge in [-0.1, -0.05) is 372 Å². The Hall–Kier alpha value is -1.66. The van der Waals surface area contributed by atoms with Gasteiger partial charge in [-0.15, -0.1) is 0 Å². The highest BCUT2D eigenvalue weighted by Gasteiger charge is 2.20. The van der Waals surface area contributed by atoms with Crippen molar-refractivity contribution in [2.75, 3.05) is 13.2 Å². The minimum atomic E-state index is -0.658. The number of hydrogen-bond acceptors (Lipinski definition) is 5. The van der Waals surface area contributed by atoms with Gasteiger partial charge < -0.3 is 20.3 Å². The van der Waals surface area contributed by atoms with Crippen LogP contribution in [0.25, 0.3) is 0 Å². The molecule has 0 fully saturated rings. The van der Waals surface area contributed by atoms with Gasteiger partial charge in [0.25, 0.3) is 0 Å². The molecule has 0 saturated carbocycles. The van der Waals surface area contributed by atoms with Crippen LogP contribution in [0.3, 0.4) is 0 Å². The van der Waals surface area contributed by atoms with Crippen LogP contribution < -0.4 is 5.32 Å². The smallest absolute Gasteiger partial charge is 0.305 e. The third kappa shape index (κ3) is 65.5. The van der Waals surface area contributed by atoms with E-state index in [4.69, 9.17) is 4.74 Å². The van der Waals surface area contributed by atoms with Gasteiger partial charge in [0.1, 0.15) is 0 Å². The van der Waals surface area contributed by atoms with E-state index in [9.17, 15) is 19.8 Å². The molecule has 6 heteroatoms. The van der Waals surface area contributed by atoms with E-state index < -0.39 is 12.1 Å². The van der Waals surface area contributed by atoms with E-state index in [0.717, 1.165) is 51.4 Å². The Kier molecular flexibility index (Phi) is 68.4. The van der Waals surface area contributed by atoms with Crippen LogP contribution in [-0.2, 0) is 14.3 Å². The number of aliphatic hydroxyl groups excluding tert-OH is 2. The molecular weight excluding hydrogens is 983 g/mol. The summed E-state index contributed by atoms with van der Waals surface area (Å²) in [6, 6.07) is -0.535. The first kappa shape index (κ1) is 78.3. The van der Waals surface area contributed by atoms with E-state index in [1.807, 2.05) is 0 Å². The SMILES string of the molecule is CCC/C=C\C/C=C\CCCCCCCC(=O)OCCCCCCCCCCCCCCCCCCCCCCCCCCCCCCCCCCCCCCCCCC(=O)NC(CO)C(O)CCCCCCCCCCCCC. The highest BCUT2D eigenvalue weighted by atomic mass is 16.5. The minimum Gasteiger partial charge on any atom is -0.466 e. The number of esters is 1. The fourth-order valence-electron chi connectivity index (χ4n) is 11.7. The third-order valence-electron chi connectivity index (χ3n) is 17.2. The van der Waals surface area contributed by atoms with E-state index in [0.29, 0.717) is 25.9 Å². The number of ether oxygens (including phenoxy) is 1. The molecule has 474 valence electrons. The van der Waals surface area contributed by atoms with Gasteiger partial charge in [-0.3, -0.25) is 9.59 Å². The fraction of sp³-hybridized carbons (Fsp3) is 0.919. The summed E-state index contributed by atoms with van der Waals surface area (Å²) in [7, 11) is 0. The van der Waals surface area contributed by atoms with Crippen molar-refractivity contribution in [2.24, 2.45) is 0 Å². The Balaban J connectivity index is 3.27. The number of allylic oxidation sites excluding steroid dienone is 4. The number of aliphatic hydroxyl groups is 2. The molecule has 6 nitrogen and oxygen atoms in total. The van der Waals surface area contributed by atoms with Crippen LogP contribution in [0.5, 0.6) is 0 Å². The zero-order valence-electron chi connectivity index (χ0n) is 54.3. The van der Waals surface area contributed by atoms with Crippen LogP contribution >= 0.6 is 0 Å². The summed E-state index contributed by atoms with van der Waals surface area (Å²) in [6.45, 7) is 4.91. The van der Waals surface area contributed by atoms with Crippen LogP contribution in [0.2, 0.25) is 0 Å². The minimum absolute atomic E-state index is 0.00902. The average Bonchev–Trinajstić information content (AvgIpc) is 3.46. The molecule has 1 amide bonds. The number of hydrogen-bond donors (Lipinski definition) is 3. The van der Waals surface area contributed by atoms with Crippen LogP contribution in [0.15, 0.2) is 24.3 Å². The second-order valence-electron chi connectivity index (χ2n) is 25.3. The molecule has 80 heavy (non-hydrogen) atoms. The standard InChI is InChI=1S/C74H143NO5/c1-3-5-7-9-11-13-15-43-48-52-56-60-64-68-74(79)80-69-65-61-57-53-49-45-42-40-38-36-34-32-30-28-26-24-22-20-18-16-17-19-21-23-25-27-29-31-33-35-37-39-41-44-47-51-55-59-63-67-73(78)75-71(70-76)72(77)66-62-58-54-50-46-14-12-10-8-6-4-2/h7,9,13,15,71-72,76-77H,3-6,8,10-12,14,16-70H2,1-2H3,(H,75,78)/b9-7-,15-13-. The first-order valence-electron chi connectivity index (χ1n) is 36.6. The Morgan fingerprint density at radius 1 is 0.350 bits per heavy atom. The summed E-state index contributed by atoms with van der Waals surface area (Å²) in [5, 5.41) is 23.2. The molecule has 2 unspecified atom stereocenters. The van der Waals surface area contributed by atoms with Crippen LogP contribution in [0.4, 0.5) is 0 Å². The Labute approximate surface area is 501 Å². The van der Waals surface area contributed by atoms with Crippen molar-refractivity contribution in [1.29, 1.82) is 0 Å². The molecule has 0 spiro atoms. The summed E-state index contributed by atoms with van der Waals surface area (Å²) in [4.78, 5) is 24.5. The first-order chi connectivity index (χ1) is 39.5.